The van der Waals surface area contributed by atoms with Crippen LogP contribution < -0.4 is 10.4 Å². The van der Waals surface area contributed by atoms with Gasteiger partial charge >= 0.3 is 5.54 Å². The van der Waals surface area contributed by atoms with Crippen LogP contribution in [0.4, 0.5) is 17.1 Å². The second-order valence-electron chi connectivity index (χ2n) is 8.38. The summed E-state index contributed by atoms with van der Waals surface area (Å²) in [7, 11) is 0. The van der Waals surface area contributed by atoms with E-state index in [0.717, 1.165) is 22.5 Å². The fourth-order valence-electron chi connectivity index (χ4n) is 4.83. The second kappa shape index (κ2) is 8.72. The van der Waals surface area contributed by atoms with Crippen LogP contribution >= 0.6 is 22.9 Å². The van der Waals surface area contributed by atoms with Crippen LogP contribution in [0.2, 0.25) is 0 Å². The third-order valence-corrected chi connectivity index (χ3v) is 6.91. The summed E-state index contributed by atoms with van der Waals surface area (Å²) in [6.07, 6.45) is 0. The highest BCUT2D eigenvalue weighted by molar-refractivity contribution is 7.39. The summed E-state index contributed by atoms with van der Waals surface area (Å²) in [6.45, 7) is 0. The largest absolute Gasteiger partial charge is 0.382 e. The lowest BCUT2D eigenvalue weighted by Gasteiger charge is -2.26. The Morgan fingerprint density at radius 1 is 0.412 bits per heavy atom. The Bertz CT molecular complexity index is 1590. The van der Waals surface area contributed by atoms with Crippen LogP contribution in [-0.2, 0) is 0 Å². The van der Waals surface area contributed by atoms with Gasteiger partial charge in [0.25, 0.3) is 0 Å². The molecule has 4 heteroatoms. The standard InChI is InChI=1S/C30H20BCl2N/c32-31(33)21-14-16-23(17-15-21)34(22-8-2-1-3-9-22)24-18-19-29-27-12-5-4-10-25(27)26-11-6-7-13-28(26)30(29)20-24/h1-20H. The van der Waals surface area contributed by atoms with Crippen molar-refractivity contribution in [3.05, 3.63) is 121 Å². The molecule has 0 saturated carbocycles. The lowest BCUT2D eigenvalue weighted by Crippen LogP contribution is -2.18. The predicted octanol–water partition coefficient (Wildman–Crippen LogP) is 8.79. The van der Waals surface area contributed by atoms with Gasteiger partial charge in [-0.15, -0.1) is 0 Å². The number of nitrogens with zero attached hydrogens (tertiary/aromatic N) is 1. The highest BCUT2D eigenvalue weighted by Gasteiger charge is 2.16. The molecule has 0 bridgehead atoms. The van der Waals surface area contributed by atoms with E-state index in [-0.39, 0.29) is 0 Å². The first-order valence-electron chi connectivity index (χ1n) is 11.3. The average molecular weight is 476 g/mol. The minimum absolute atomic E-state index is 0.542. The quantitative estimate of drug-likeness (QED) is 0.182. The number of para-hydroxylation sites is 1. The van der Waals surface area contributed by atoms with Gasteiger partial charge in [-0.1, -0.05) is 84.9 Å². The number of benzene rings is 6. The van der Waals surface area contributed by atoms with Gasteiger partial charge in [0.15, 0.2) is 0 Å². The van der Waals surface area contributed by atoms with Crippen LogP contribution in [-0.4, -0.2) is 5.54 Å². The molecule has 0 amide bonds. The molecule has 0 atom stereocenters. The van der Waals surface area contributed by atoms with Gasteiger partial charge in [0.1, 0.15) is 0 Å². The van der Waals surface area contributed by atoms with E-state index in [0.29, 0.717) is 0 Å². The topological polar surface area (TPSA) is 3.24 Å². The van der Waals surface area contributed by atoms with Crippen molar-refractivity contribution in [1.82, 2.24) is 0 Å². The maximum Gasteiger partial charge on any atom is 0.382 e. The molecule has 34 heavy (non-hydrogen) atoms. The molecular formula is C30H20BCl2N. The van der Waals surface area contributed by atoms with Crippen LogP contribution in [0.1, 0.15) is 0 Å². The first-order chi connectivity index (χ1) is 16.7. The third kappa shape index (κ3) is 3.60. The first kappa shape index (κ1) is 21.1. The normalized spacial score (nSPS) is 11.2. The van der Waals surface area contributed by atoms with Crippen molar-refractivity contribution in [2.75, 3.05) is 4.90 Å². The minimum atomic E-state index is -0.542. The Labute approximate surface area is 209 Å². The van der Waals surface area contributed by atoms with Crippen LogP contribution in [0.25, 0.3) is 32.3 Å². The van der Waals surface area contributed by atoms with Gasteiger partial charge < -0.3 is 4.90 Å². The van der Waals surface area contributed by atoms with Gasteiger partial charge in [-0.3, -0.25) is 0 Å². The maximum absolute atomic E-state index is 6.09. The van der Waals surface area contributed by atoms with Crippen LogP contribution in [0, 0.1) is 0 Å². The molecular weight excluding hydrogens is 456 g/mol. The van der Waals surface area contributed by atoms with E-state index in [1.54, 1.807) is 0 Å². The fraction of sp³-hybridized carbons (Fsp3) is 0. The van der Waals surface area contributed by atoms with Crippen LogP contribution in [0.5, 0.6) is 0 Å². The van der Waals surface area contributed by atoms with E-state index in [4.69, 9.17) is 22.9 Å². The Morgan fingerprint density at radius 3 is 1.41 bits per heavy atom. The van der Waals surface area contributed by atoms with E-state index in [1.165, 1.54) is 32.3 Å². The molecule has 1 nitrogen and oxygen atoms in total. The van der Waals surface area contributed by atoms with Gasteiger partial charge in [0, 0.05) is 17.1 Å². The fourth-order valence-corrected chi connectivity index (χ4v) is 5.12. The van der Waals surface area contributed by atoms with Crippen molar-refractivity contribution in [3.8, 4) is 0 Å². The zero-order valence-electron chi connectivity index (χ0n) is 18.3. The molecule has 6 aromatic rings. The van der Waals surface area contributed by atoms with Crippen molar-refractivity contribution in [3.63, 3.8) is 0 Å². The minimum Gasteiger partial charge on any atom is -0.310 e. The Morgan fingerprint density at radius 2 is 0.853 bits per heavy atom. The van der Waals surface area contributed by atoms with E-state index in [2.05, 4.69) is 108 Å². The van der Waals surface area contributed by atoms with E-state index in [1.807, 2.05) is 18.2 Å². The van der Waals surface area contributed by atoms with Crippen molar-refractivity contribution in [2.45, 2.75) is 0 Å². The number of fused-ring (bicyclic) bond motifs is 6. The third-order valence-electron chi connectivity index (χ3n) is 6.40. The van der Waals surface area contributed by atoms with Crippen LogP contribution in [0.15, 0.2) is 121 Å². The zero-order valence-corrected chi connectivity index (χ0v) is 19.8. The van der Waals surface area contributed by atoms with Crippen molar-refractivity contribution >= 4 is 83.3 Å². The van der Waals surface area contributed by atoms with Crippen molar-refractivity contribution in [2.24, 2.45) is 0 Å². The molecule has 0 aromatic heterocycles. The highest BCUT2D eigenvalue weighted by atomic mass is 35.5. The van der Waals surface area contributed by atoms with Gasteiger partial charge in [0.05, 0.1) is 0 Å². The summed E-state index contributed by atoms with van der Waals surface area (Å²) in [5.74, 6) is 0. The first-order valence-corrected chi connectivity index (χ1v) is 12.1. The molecule has 0 unspecified atom stereocenters. The van der Waals surface area contributed by atoms with Gasteiger partial charge in [-0.2, -0.15) is 22.9 Å². The maximum atomic E-state index is 6.09. The number of halogens is 2. The van der Waals surface area contributed by atoms with Gasteiger partial charge in [0.2, 0.25) is 0 Å². The molecule has 0 heterocycles. The Hall–Kier alpha value is -3.46. The smallest absolute Gasteiger partial charge is 0.310 e. The van der Waals surface area contributed by atoms with E-state index < -0.39 is 5.54 Å². The molecule has 0 aliphatic carbocycles. The molecule has 6 rings (SSSR count). The van der Waals surface area contributed by atoms with Gasteiger partial charge in [-0.05, 0) is 74.2 Å². The summed E-state index contributed by atoms with van der Waals surface area (Å²) >= 11 is 12.2. The lowest BCUT2D eigenvalue weighted by atomic mass is 9.92. The summed E-state index contributed by atoms with van der Waals surface area (Å²) < 4.78 is 0. The number of rotatable bonds is 4. The van der Waals surface area contributed by atoms with Gasteiger partial charge in [-0.25, -0.2) is 0 Å². The Balaban J connectivity index is 1.62. The van der Waals surface area contributed by atoms with E-state index in [9.17, 15) is 0 Å². The molecule has 0 aliphatic rings. The number of anilines is 3. The molecule has 162 valence electrons. The molecule has 0 spiro atoms. The zero-order chi connectivity index (χ0) is 23.1. The average Bonchev–Trinajstić information content (AvgIpc) is 2.90. The summed E-state index contributed by atoms with van der Waals surface area (Å²) in [6, 6.07) is 42.6. The summed E-state index contributed by atoms with van der Waals surface area (Å²) in [5.41, 5.74) is 3.58. The SMILES string of the molecule is ClB(Cl)c1ccc(N(c2ccccc2)c2ccc3c4ccccc4c4ccccc4c3c2)cc1. The molecule has 0 saturated heterocycles. The predicted molar refractivity (Wildman–Crippen MR) is 151 cm³/mol. The second-order valence-corrected chi connectivity index (χ2v) is 9.48. The molecule has 0 aliphatic heterocycles. The number of hydrogen-bond acceptors (Lipinski definition) is 1. The highest BCUT2D eigenvalue weighted by Crippen LogP contribution is 2.40. The van der Waals surface area contributed by atoms with Crippen molar-refractivity contribution < 1.29 is 0 Å². The Kier molecular flexibility index (Phi) is 5.41. The molecule has 6 aromatic carbocycles. The monoisotopic (exact) mass is 475 g/mol. The lowest BCUT2D eigenvalue weighted by molar-refractivity contribution is 1.29. The van der Waals surface area contributed by atoms with Crippen molar-refractivity contribution in [1.29, 1.82) is 0 Å². The van der Waals surface area contributed by atoms with E-state index >= 15 is 0 Å². The van der Waals surface area contributed by atoms with Crippen LogP contribution in [0.3, 0.4) is 0 Å². The number of hydrogen-bond donors (Lipinski definition) is 0. The molecule has 0 radical (unpaired) electrons. The molecule has 0 fully saturated rings. The summed E-state index contributed by atoms with van der Waals surface area (Å²) in [4.78, 5) is 2.27. The summed E-state index contributed by atoms with van der Waals surface area (Å²) in [5, 5.41) is 7.58. The molecule has 0 N–H and O–H groups in total.